The van der Waals surface area contributed by atoms with Gasteiger partial charge < -0.3 is 10.1 Å². The van der Waals surface area contributed by atoms with Crippen LogP contribution in [-0.4, -0.2) is 44.3 Å². The minimum atomic E-state index is 0.216. The summed E-state index contributed by atoms with van der Waals surface area (Å²) < 4.78 is 5.56. The van der Waals surface area contributed by atoms with Crippen molar-refractivity contribution in [2.45, 2.75) is 32.2 Å². The molecule has 2 aliphatic heterocycles. The monoisotopic (exact) mass is 274 g/mol. The van der Waals surface area contributed by atoms with Gasteiger partial charge in [-0.1, -0.05) is 18.2 Å². The summed E-state index contributed by atoms with van der Waals surface area (Å²) in [6, 6.07) is 7.05. The zero-order valence-electron chi connectivity index (χ0n) is 12.7. The highest BCUT2D eigenvalue weighted by Gasteiger charge is 2.40. The Morgan fingerprint density at radius 1 is 1.05 bits per heavy atom. The maximum Gasteiger partial charge on any atom is 0.0594 e. The Bertz CT molecular complexity index is 460. The second kappa shape index (κ2) is 5.84. The number of rotatable bonds is 2. The molecule has 0 atom stereocenters. The number of hydrogen-bond donors (Lipinski definition) is 1. The second-order valence-corrected chi connectivity index (χ2v) is 6.18. The first kappa shape index (κ1) is 14.1. The Hall–Kier alpha value is -0.900. The van der Waals surface area contributed by atoms with E-state index in [9.17, 15) is 0 Å². The van der Waals surface area contributed by atoms with Crippen LogP contribution < -0.4 is 5.32 Å². The molecule has 2 heterocycles. The predicted molar refractivity (Wildman–Crippen MR) is 82.1 cm³/mol. The topological polar surface area (TPSA) is 24.5 Å². The smallest absolute Gasteiger partial charge is 0.0594 e. The molecule has 1 N–H and O–H groups in total. The van der Waals surface area contributed by atoms with Gasteiger partial charge >= 0.3 is 0 Å². The van der Waals surface area contributed by atoms with Crippen LogP contribution in [0, 0.1) is 13.8 Å². The van der Waals surface area contributed by atoms with Gasteiger partial charge in [0.05, 0.1) is 13.2 Å². The summed E-state index contributed by atoms with van der Waals surface area (Å²) >= 11 is 0. The van der Waals surface area contributed by atoms with Crippen molar-refractivity contribution < 1.29 is 4.74 Å². The molecular formula is C17H26N2O. The summed E-state index contributed by atoms with van der Waals surface area (Å²) in [7, 11) is 0. The number of nitrogens with zero attached hydrogens (tertiary/aromatic N) is 1. The van der Waals surface area contributed by atoms with Crippen LogP contribution >= 0.6 is 0 Å². The predicted octanol–water partition coefficient (Wildman–Crippen LogP) is 2.21. The van der Waals surface area contributed by atoms with Crippen LogP contribution in [0.25, 0.3) is 0 Å². The maximum absolute atomic E-state index is 5.56. The summed E-state index contributed by atoms with van der Waals surface area (Å²) in [6.45, 7) is 10.5. The molecule has 2 fully saturated rings. The molecule has 0 aliphatic carbocycles. The number of aryl methyl sites for hydroxylation is 2. The van der Waals surface area contributed by atoms with Crippen LogP contribution in [0.5, 0.6) is 0 Å². The molecular weight excluding hydrogens is 248 g/mol. The molecule has 2 aliphatic rings. The van der Waals surface area contributed by atoms with Gasteiger partial charge in [0.25, 0.3) is 0 Å². The highest BCUT2D eigenvalue weighted by molar-refractivity contribution is 5.35. The molecule has 0 unspecified atom stereocenters. The van der Waals surface area contributed by atoms with E-state index in [0.717, 1.165) is 39.4 Å². The van der Waals surface area contributed by atoms with Gasteiger partial charge in [-0.25, -0.2) is 0 Å². The van der Waals surface area contributed by atoms with E-state index in [1.807, 2.05) is 0 Å². The van der Waals surface area contributed by atoms with Gasteiger partial charge in [-0.15, -0.1) is 0 Å². The van der Waals surface area contributed by atoms with Gasteiger partial charge in [0, 0.05) is 18.6 Å². The van der Waals surface area contributed by atoms with Crippen LogP contribution in [0.4, 0.5) is 0 Å². The standard InChI is InChI=1S/C17H26N2O/c1-14-3-4-16(13-15(14)2)17(5-7-18-8-6-17)19-9-11-20-12-10-19/h3-4,13,18H,5-12H2,1-2H3. The van der Waals surface area contributed by atoms with E-state index in [1.54, 1.807) is 0 Å². The number of nitrogens with one attached hydrogen (secondary N) is 1. The average Bonchev–Trinajstić information content (AvgIpc) is 2.51. The molecule has 1 aromatic rings. The quantitative estimate of drug-likeness (QED) is 0.895. The van der Waals surface area contributed by atoms with Gasteiger partial charge in [0.2, 0.25) is 0 Å². The number of hydrogen-bond acceptors (Lipinski definition) is 3. The number of ether oxygens (including phenoxy) is 1. The molecule has 0 radical (unpaired) electrons. The summed E-state index contributed by atoms with van der Waals surface area (Å²) in [4.78, 5) is 2.67. The fourth-order valence-electron chi connectivity index (χ4n) is 3.65. The zero-order valence-corrected chi connectivity index (χ0v) is 12.7. The van der Waals surface area contributed by atoms with Gasteiger partial charge in [-0.3, -0.25) is 4.90 Å². The Labute approximate surface area is 122 Å². The van der Waals surface area contributed by atoms with Crippen molar-refractivity contribution in [1.29, 1.82) is 0 Å². The molecule has 0 aromatic heterocycles. The van der Waals surface area contributed by atoms with Gasteiger partial charge in [0.1, 0.15) is 0 Å². The van der Waals surface area contributed by atoms with Crippen molar-refractivity contribution in [2.24, 2.45) is 0 Å². The minimum Gasteiger partial charge on any atom is -0.379 e. The lowest BCUT2D eigenvalue weighted by Gasteiger charge is -2.48. The van der Waals surface area contributed by atoms with Crippen LogP contribution in [0.3, 0.4) is 0 Å². The van der Waals surface area contributed by atoms with Crippen molar-refractivity contribution in [1.82, 2.24) is 10.2 Å². The van der Waals surface area contributed by atoms with E-state index >= 15 is 0 Å². The first-order valence-electron chi connectivity index (χ1n) is 7.84. The minimum absolute atomic E-state index is 0.216. The highest BCUT2D eigenvalue weighted by Crippen LogP contribution is 2.38. The lowest BCUT2D eigenvalue weighted by molar-refractivity contribution is -0.0376. The van der Waals surface area contributed by atoms with Crippen molar-refractivity contribution in [3.8, 4) is 0 Å². The first-order chi connectivity index (χ1) is 9.72. The fraction of sp³-hybridized carbons (Fsp3) is 0.647. The third-order valence-corrected chi connectivity index (χ3v) is 5.09. The van der Waals surface area contributed by atoms with Gasteiger partial charge in [0.15, 0.2) is 0 Å². The Kier molecular flexibility index (Phi) is 4.11. The lowest BCUT2D eigenvalue weighted by atomic mass is 9.78. The Morgan fingerprint density at radius 3 is 2.40 bits per heavy atom. The zero-order chi connectivity index (χ0) is 14.0. The molecule has 0 amide bonds. The van der Waals surface area contributed by atoms with Crippen LogP contribution in [0.1, 0.15) is 29.5 Å². The molecule has 0 bridgehead atoms. The van der Waals surface area contributed by atoms with Crippen molar-refractivity contribution in [3.63, 3.8) is 0 Å². The number of benzene rings is 1. The molecule has 0 saturated carbocycles. The molecule has 3 rings (SSSR count). The third kappa shape index (κ3) is 2.50. The molecule has 1 aromatic carbocycles. The number of morpholine rings is 1. The van der Waals surface area contributed by atoms with E-state index in [-0.39, 0.29) is 5.54 Å². The van der Waals surface area contributed by atoms with Gasteiger partial charge in [-0.2, -0.15) is 0 Å². The average molecular weight is 274 g/mol. The first-order valence-corrected chi connectivity index (χ1v) is 7.84. The van der Waals surface area contributed by atoms with Crippen molar-refractivity contribution in [3.05, 3.63) is 34.9 Å². The summed E-state index contributed by atoms with van der Waals surface area (Å²) in [5.41, 5.74) is 4.52. The Morgan fingerprint density at radius 2 is 1.75 bits per heavy atom. The van der Waals surface area contributed by atoms with E-state index in [1.165, 1.54) is 29.5 Å². The molecule has 20 heavy (non-hydrogen) atoms. The normalized spacial score (nSPS) is 23.7. The number of piperidine rings is 1. The molecule has 110 valence electrons. The van der Waals surface area contributed by atoms with Crippen molar-refractivity contribution >= 4 is 0 Å². The molecule has 3 heteroatoms. The van der Waals surface area contributed by atoms with E-state index in [0.29, 0.717) is 0 Å². The second-order valence-electron chi connectivity index (χ2n) is 6.18. The van der Waals surface area contributed by atoms with Crippen LogP contribution in [0.15, 0.2) is 18.2 Å². The lowest BCUT2D eigenvalue weighted by Crippen LogP contribution is -2.55. The van der Waals surface area contributed by atoms with E-state index in [4.69, 9.17) is 4.74 Å². The largest absolute Gasteiger partial charge is 0.379 e. The Balaban J connectivity index is 1.97. The molecule has 0 spiro atoms. The molecule has 3 nitrogen and oxygen atoms in total. The van der Waals surface area contributed by atoms with E-state index < -0.39 is 0 Å². The summed E-state index contributed by atoms with van der Waals surface area (Å²) in [5, 5.41) is 3.52. The maximum atomic E-state index is 5.56. The van der Waals surface area contributed by atoms with Gasteiger partial charge in [-0.05, 0) is 56.5 Å². The summed E-state index contributed by atoms with van der Waals surface area (Å²) in [6.07, 6.45) is 2.41. The molecule has 2 saturated heterocycles. The van der Waals surface area contributed by atoms with E-state index in [2.05, 4.69) is 42.3 Å². The van der Waals surface area contributed by atoms with Crippen LogP contribution in [0.2, 0.25) is 0 Å². The SMILES string of the molecule is Cc1ccc(C2(N3CCOCC3)CCNCC2)cc1C. The summed E-state index contributed by atoms with van der Waals surface area (Å²) in [5.74, 6) is 0. The fourth-order valence-corrected chi connectivity index (χ4v) is 3.65. The van der Waals surface area contributed by atoms with Crippen molar-refractivity contribution in [2.75, 3.05) is 39.4 Å². The highest BCUT2D eigenvalue weighted by atomic mass is 16.5. The third-order valence-electron chi connectivity index (χ3n) is 5.09. The van der Waals surface area contributed by atoms with Crippen LogP contribution in [-0.2, 0) is 10.3 Å².